The highest BCUT2D eigenvalue weighted by Crippen LogP contribution is 2.35. The van der Waals surface area contributed by atoms with Crippen molar-refractivity contribution in [3.8, 4) is 0 Å². The number of anilines is 2. The monoisotopic (exact) mass is 1030 g/mol. The molecule has 2 aromatic carbocycles. The van der Waals surface area contributed by atoms with E-state index >= 15 is 0 Å². The van der Waals surface area contributed by atoms with Gasteiger partial charge in [0.15, 0.2) is 5.78 Å². The maximum Gasteiger partial charge on any atom is 0.410 e. The number of hydrogen-bond acceptors (Lipinski definition) is 11. The van der Waals surface area contributed by atoms with Gasteiger partial charge in [0.05, 0.1) is 28.3 Å². The van der Waals surface area contributed by atoms with E-state index in [9.17, 15) is 42.7 Å². The zero-order valence-corrected chi connectivity index (χ0v) is 43.9. The van der Waals surface area contributed by atoms with E-state index in [1.165, 1.54) is 44.1 Å². The molecule has 0 radical (unpaired) electrons. The number of carbonyl (C=O) groups excluding carboxylic acids is 7. The number of halogens is 1. The normalized spacial score (nSPS) is 14.4. The molecule has 0 fully saturated rings. The first kappa shape index (κ1) is 58.5. The summed E-state index contributed by atoms with van der Waals surface area (Å²) in [7, 11) is 2.91. The SMILES string of the molecule is C[C@@H](C(=O)O)N(C)C(=O)OC(C)(C)C.Cc1c(C(=O)NCCCC(=O)[C@H](C)N(C)C(=O)OC(C)(C)C)c[nH]c1/C=C1\C(=O)Nc2ccc(F)cc21.Cc1c(C(=O)NCCN)c[nH]c1/C=C1\C(=O)Nc2ccccc21. The minimum atomic E-state index is -1.06. The summed E-state index contributed by atoms with van der Waals surface area (Å²) < 4.78 is 24.0. The van der Waals surface area contributed by atoms with Gasteiger partial charge in [-0.2, -0.15) is 0 Å². The van der Waals surface area contributed by atoms with Crippen LogP contribution in [0.2, 0.25) is 0 Å². The van der Waals surface area contributed by atoms with Crippen LogP contribution < -0.4 is 27.0 Å². The Morgan fingerprint density at radius 2 is 1.18 bits per heavy atom. The number of fused-ring (bicyclic) bond motifs is 2. The van der Waals surface area contributed by atoms with Gasteiger partial charge >= 0.3 is 18.2 Å². The number of amides is 6. The fourth-order valence-corrected chi connectivity index (χ4v) is 7.08. The number of ketones is 1. The Morgan fingerprint density at radius 3 is 1.66 bits per heavy atom. The molecule has 20 nitrogen and oxygen atoms in total. The smallest absolute Gasteiger partial charge is 0.410 e. The van der Waals surface area contributed by atoms with E-state index in [0.29, 0.717) is 64.3 Å². The molecule has 6 amide bonds. The van der Waals surface area contributed by atoms with Crippen molar-refractivity contribution in [3.63, 3.8) is 0 Å². The van der Waals surface area contributed by atoms with Crippen LogP contribution >= 0.6 is 0 Å². The first-order valence-corrected chi connectivity index (χ1v) is 23.8. The lowest BCUT2D eigenvalue weighted by Gasteiger charge is -2.28. The largest absolute Gasteiger partial charge is 0.480 e. The van der Waals surface area contributed by atoms with Gasteiger partial charge in [0.2, 0.25) is 0 Å². The Balaban J connectivity index is 0.000000271. The van der Waals surface area contributed by atoms with Crippen LogP contribution in [0.4, 0.5) is 25.4 Å². The Hall–Kier alpha value is -8.07. The molecular formula is C53H68FN9O11. The topological polar surface area (TPSA) is 287 Å². The third-order valence-corrected chi connectivity index (χ3v) is 11.6. The highest BCUT2D eigenvalue weighted by Gasteiger charge is 2.29. The second-order valence-corrected chi connectivity index (χ2v) is 19.5. The lowest BCUT2D eigenvalue weighted by molar-refractivity contribution is -0.142. The number of rotatable bonds is 14. The lowest BCUT2D eigenvalue weighted by Crippen LogP contribution is -2.43. The molecule has 4 aromatic rings. The molecule has 0 saturated heterocycles. The number of Topliss-reactive ketones (excluding diaryl/α,β-unsaturated/α-hetero) is 1. The molecule has 21 heteroatoms. The van der Waals surface area contributed by atoms with Gasteiger partial charge in [0.1, 0.15) is 23.1 Å². The number of likely N-dealkylation sites (N-methyl/N-ethyl adjacent to an activating group) is 2. The molecular weight excluding hydrogens is 958 g/mol. The Kier molecular flexibility index (Phi) is 19.8. The van der Waals surface area contributed by atoms with Crippen LogP contribution in [0.25, 0.3) is 23.3 Å². The van der Waals surface area contributed by atoms with Gasteiger partial charge in [0, 0.05) is 86.4 Å². The molecule has 2 aromatic heterocycles. The van der Waals surface area contributed by atoms with Gasteiger partial charge < -0.3 is 56.4 Å². The number of aromatic nitrogens is 2. The number of hydrogen-bond donors (Lipinski definition) is 8. The van der Waals surface area contributed by atoms with Gasteiger partial charge in [-0.15, -0.1) is 0 Å². The predicted molar refractivity (Wildman–Crippen MR) is 279 cm³/mol. The van der Waals surface area contributed by atoms with Crippen molar-refractivity contribution < 1.29 is 57.3 Å². The predicted octanol–water partition coefficient (Wildman–Crippen LogP) is 7.12. The van der Waals surface area contributed by atoms with E-state index < -0.39 is 47.3 Å². The quantitative estimate of drug-likeness (QED) is 0.0463. The van der Waals surface area contributed by atoms with E-state index in [0.717, 1.165) is 27.4 Å². The van der Waals surface area contributed by atoms with Crippen molar-refractivity contribution in [1.29, 1.82) is 0 Å². The number of aliphatic carboxylic acids is 1. The van der Waals surface area contributed by atoms with Crippen molar-refractivity contribution in [2.75, 3.05) is 44.4 Å². The number of para-hydroxylation sites is 1. The summed E-state index contributed by atoms with van der Waals surface area (Å²) >= 11 is 0. The summed E-state index contributed by atoms with van der Waals surface area (Å²) in [6.07, 6.45) is 5.94. The van der Waals surface area contributed by atoms with Crippen molar-refractivity contribution in [3.05, 3.63) is 105 Å². The fraction of sp³-hybridized carbons (Fsp3) is 0.396. The zero-order chi connectivity index (χ0) is 55.4. The van der Waals surface area contributed by atoms with Crippen LogP contribution in [-0.4, -0.2) is 129 Å². The summed E-state index contributed by atoms with van der Waals surface area (Å²) in [5, 5.41) is 19.7. The molecule has 6 rings (SSSR count). The summed E-state index contributed by atoms with van der Waals surface area (Å²) in [6.45, 7) is 18.2. The van der Waals surface area contributed by atoms with Gasteiger partial charge in [0.25, 0.3) is 23.6 Å². The molecule has 398 valence electrons. The van der Waals surface area contributed by atoms with Crippen LogP contribution in [0.15, 0.2) is 54.9 Å². The van der Waals surface area contributed by atoms with Crippen molar-refractivity contribution in [2.45, 2.75) is 105 Å². The molecule has 0 aliphatic carbocycles. The van der Waals surface area contributed by atoms with E-state index in [1.807, 2.05) is 31.2 Å². The molecule has 0 unspecified atom stereocenters. The average Bonchev–Trinajstić information content (AvgIpc) is 4.07. The van der Waals surface area contributed by atoms with Crippen molar-refractivity contribution >= 4 is 82.2 Å². The van der Waals surface area contributed by atoms with E-state index in [4.69, 9.17) is 20.3 Å². The Morgan fingerprint density at radius 1 is 0.716 bits per heavy atom. The second-order valence-electron chi connectivity index (χ2n) is 19.5. The number of H-pyrrole nitrogens is 2. The van der Waals surface area contributed by atoms with Crippen LogP contribution in [0.3, 0.4) is 0 Å². The fourth-order valence-electron chi connectivity index (χ4n) is 7.08. The number of nitrogens with zero attached hydrogens (tertiary/aromatic N) is 2. The minimum absolute atomic E-state index is 0.138. The minimum Gasteiger partial charge on any atom is -0.480 e. The Labute approximate surface area is 429 Å². The first-order valence-electron chi connectivity index (χ1n) is 23.8. The van der Waals surface area contributed by atoms with Gasteiger partial charge in [-0.25, -0.2) is 18.8 Å². The highest BCUT2D eigenvalue weighted by molar-refractivity contribution is 6.35. The van der Waals surface area contributed by atoms with Crippen LogP contribution in [0.1, 0.15) is 123 Å². The van der Waals surface area contributed by atoms with Crippen LogP contribution in [0.5, 0.6) is 0 Å². The Bertz CT molecular complexity index is 2830. The molecule has 9 N–H and O–H groups in total. The second kappa shape index (κ2) is 25.0. The number of nitrogens with one attached hydrogen (secondary N) is 6. The third-order valence-electron chi connectivity index (χ3n) is 11.6. The standard InChI is InChI=1S/C27H33FN4O5.C17H18N4O2.C9H17NO4/c1-15-20(14-30-22(15)13-19-18-12-17(28)9-10-21(18)31-25(19)35)24(34)29-11-7-8-23(33)16(2)32(6)26(36)37-27(3,4)5;1-10-13(16(22)19-7-6-18)9-20-15(10)8-12-11-4-2-3-5-14(11)21-17(12)23;1-6(7(11)12)10(5)8(13)14-9(2,3)4/h9-10,12-14,16,30H,7-8,11H2,1-6H3,(H,29,34)(H,31,35);2-5,8-9,20H,6-7,18H2,1H3,(H,19,22)(H,21,23);6H,1-5H3,(H,11,12)/b19-13-;12-8-;/t16-;;6-/m0.0/s1. The number of ether oxygens (including phenoxy) is 2. The summed E-state index contributed by atoms with van der Waals surface area (Å²) in [5.74, 6) is -2.64. The maximum atomic E-state index is 13.7. The number of nitrogens with two attached hydrogens (primary N) is 1. The number of benzene rings is 2. The first-order chi connectivity index (χ1) is 34.5. The molecule has 0 spiro atoms. The van der Waals surface area contributed by atoms with E-state index in [2.05, 4.69) is 31.2 Å². The number of carboxylic acid groups (broad SMARTS) is 1. The number of carboxylic acids is 1. The number of carbonyl (C=O) groups is 8. The summed E-state index contributed by atoms with van der Waals surface area (Å²) in [6, 6.07) is 10.1. The molecule has 0 saturated carbocycles. The van der Waals surface area contributed by atoms with E-state index in [-0.39, 0.29) is 42.4 Å². The molecule has 4 heterocycles. The van der Waals surface area contributed by atoms with Gasteiger partial charge in [-0.1, -0.05) is 18.2 Å². The average molecular weight is 1030 g/mol. The van der Waals surface area contributed by atoms with Crippen LogP contribution in [0, 0.1) is 19.7 Å². The maximum absolute atomic E-state index is 13.7. The van der Waals surface area contributed by atoms with Crippen molar-refractivity contribution in [2.24, 2.45) is 5.73 Å². The molecule has 0 bridgehead atoms. The lowest BCUT2D eigenvalue weighted by atomic mass is 10.0. The van der Waals surface area contributed by atoms with E-state index in [1.54, 1.807) is 79.9 Å². The molecule has 2 aliphatic rings. The highest BCUT2D eigenvalue weighted by atomic mass is 19.1. The molecule has 74 heavy (non-hydrogen) atoms. The molecule has 2 atom stereocenters. The number of aromatic amines is 2. The van der Waals surface area contributed by atoms with Gasteiger partial charge in [-0.3, -0.25) is 28.9 Å². The van der Waals surface area contributed by atoms with Crippen LogP contribution in [-0.2, 0) is 28.7 Å². The summed E-state index contributed by atoms with van der Waals surface area (Å²) in [4.78, 5) is 104. The third kappa shape index (κ3) is 15.7. The van der Waals surface area contributed by atoms with Gasteiger partial charge in [-0.05, 0) is 123 Å². The summed E-state index contributed by atoms with van der Waals surface area (Å²) in [5.41, 5.74) is 11.3. The van der Waals surface area contributed by atoms with Crippen molar-refractivity contribution in [1.82, 2.24) is 30.4 Å². The zero-order valence-electron chi connectivity index (χ0n) is 43.9. The molecule has 2 aliphatic heterocycles.